The first-order valence-electron chi connectivity index (χ1n) is 5.45. The molecule has 0 amide bonds. The van der Waals surface area contributed by atoms with Gasteiger partial charge in [0, 0.05) is 14.4 Å². The molecule has 2 N–H and O–H groups in total. The molecular formula is C13H17Br2NO. The van der Waals surface area contributed by atoms with E-state index < -0.39 is 6.04 Å². The Kier molecular flexibility index (Phi) is 4.93. The second-order valence-electron chi connectivity index (χ2n) is 5.20. The van der Waals surface area contributed by atoms with Crippen molar-refractivity contribution in [2.45, 2.75) is 33.2 Å². The van der Waals surface area contributed by atoms with Crippen molar-refractivity contribution in [1.29, 1.82) is 0 Å². The smallest absolute Gasteiger partial charge is 0.155 e. The van der Waals surface area contributed by atoms with Crippen molar-refractivity contribution < 1.29 is 4.79 Å². The van der Waals surface area contributed by atoms with Crippen LogP contribution >= 0.6 is 31.9 Å². The molecule has 1 rings (SSSR count). The maximum atomic E-state index is 12.0. The summed E-state index contributed by atoms with van der Waals surface area (Å²) in [5, 5.41) is 0. The molecule has 0 unspecified atom stereocenters. The van der Waals surface area contributed by atoms with Crippen molar-refractivity contribution >= 4 is 37.6 Å². The fraction of sp³-hybridized carbons (Fsp3) is 0.462. The van der Waals surface area contributed by atoms with Crippen LogP contribution < -0.4 is 5.73 Å². The van der Waals surface area contributed by atoms with Gasteiger partial charge in [-0.3, -0.25) is 4.79 Å². The molecule has 0 aliphatic heterocycles. The highest BCUT2D eigenvalue weighted by Gasteiger charge is 2.27. The Hall–Kier alpha value is -0.190. The zero-order chi connectivity index (χ0) is 13.2. The largest absolute Gasteiger partial charge is 0.321 e. The summed E-state index contributed by atoms with van der Waals surface area (Å²) < 4.78 is 1.97. The number of Topliss-reactive ketones (excluding diaryl/α,β-unsaturated/α-hetero) is 1. The SMILES string of the molecule is CC(C)(C)C(=O)[C@@H](N)Cc1cc(Br)cc(Br)c1. The third-order valence-corrected chi connectivity index (χ3v) is 3.37. The Labute approximate surface area is 119 Å². The van der Waals surface area contributed by atoms with Gasteiger partial charge in [-0.15, -0.1) is 0 Å². The van der Waals surface area contributed by atoms with Crippen LogP contribution in [-0.4, -0.2) is 11.8 Å². The van der Waals surface area contributed by atoms with E-state index in [1.807, 2.05) is 39.0 Å². The van der Waals surface area contributed by atoms with E-state index >= 15 is 0 Å². The highest BCUT2D eigenvalue weighted by atomic mass is 79.9. The van der Waals surface area contributed by atoms with Gasteiger partial charge in [0.25, 0.3) is 0 Å². The minimum absolute atomic E-state index is 0.0913. The molecule has 0 aliphatic rings. The molecule has 1 atom stereocenters. The molecule has 1 aromatic carbocycles. The van der Waals surface area contributed by atoms with Gasteiger partial charge in [-0.05, 0) is 30.2 Å². The minimum Gasteiger partial charge on any atom is -0.321 e. The summed E-state index contributed by atoms with van der Waals surface area (Å²) >= 11 is 6.85. The normalized spacial score (nSPS) is 13.5. The van der Waals surface area contributed by atoms with Crippen LogP contribution in [0.5, 0.6) is 0 Å². The molecule has 17 heavy (non-hydrogen) atoms. The number of nitrogens with two attached hydrogens (primary N) is 1. The molecular weight excluding hydrogens is 346 g/mol. The first kappa shape index (κ1) is 14.9. The Morgan fingerprint density at radius 3 is 2.12 bits per heavy atom. The Balaban J connectivity index is 2.81. The van der Waals surface area contributed by atoms with Crippen LogP contribution in [0.1, 0.15) is 26.3 Å². The molecule has 2 nitrogen and oxygen atoms in total. The van der Waals surface area contributed by atoms with Crippen LogP contribution in [-0.2, 0) is 11.2 Å². The molecule has 0 aliphatic carbocycles. The van der Waals surface area contributed by atoms with E-state index in [-0.39, 0.29) is 11.2 Å². The van der Waals surface area contributed by atoms with Crippen molar-refractivity contribution in [1.82, 2.24) is 0 Å². The van der Waals surface area contributed by atoms with Crippen LogP contribution in [0.2, 0.25) is 0 Å². The van der Waals surface area contributed by atoms with Gasteiger partial charge in [-0.25, -0.2) is 0 Å². The van der Waals surface area contributed by atoms with E-state index in [2.05, 4.69) is 31.9 Å². The average molecular weight is 363 g/mol. The summed E-state index contributed by atoms with van der Waals surface area (Å²) in [6.45, 7) is 5.68. The number of benzene rings is 1. The van der Waals surface area contributed by atoms with Gasteiger partial charge in [0.2, 0.25) is 0 Å². The van der Waals surface area contributed by atoms with E-state index in [1.54, 1.807) is 0 Å². The molecule has 0 radical (unpaired) electrons. The summed E-state index contributed by atoms with van der Waals surface area (Å²) in [6.07, 6.45) is 0.564. The molecule has 4 heteroatoms. The molecule has 0 saturated carbocycles. The maximum absolute atomic E-state index is 12.0. The van der Waals surface area contributed by atoms with Gasteiger partial charge >= 0.3 is 0 Å². The fourth-order valence-corrected chi connectivity index (χ4v) is 3.02. The lowest BCUT2D eigenvalue weighted by Crippen LogP contribution is -2.40. The number of carbonyl (C=O) groups is 1. The Bertz CT molecular complexity index is 404. The quantitative estimate of drug-likeness (QED) is 0.890. The van der Waals surface area contributed by atoms with Crippen molar-refractivity contribution in [3.63, 3.8) is 0 Å². The van der Waals surface area contributed by atoms with E-state index in [0.29, 0.717) is 6.42 Å². The number of hydrogen-bond acceptors (Lipinski definition) is 2. The van der Waals surface area contributed by atoms with Crippen LogP contribution in [0.3, 0.4) is 0 Å². The van der Waals surface area contributed by atoms with Crippen molar-refractivity contribution in [2.75, 3.05) is 0 Å². The first-order chi connectivity index (χ1) is 7.70. The van der Waals surface area contributed by atoms with Crippen LogP contribution in [0, 0.1) is 5.41 Å². The Morgan fingerprint density at radius 1 is 1.24 bits per heavy atom. The van der Waals surface area contributed by atoms with Crippen molar-refractivity contribution in [3.05, 3.63) is 32.7 Å². The third-order valence-electron chi connectivity index (χ3n) is 2.45. The third kappa shape index (κ3) is 4.53. The van der Waals surface area contributed by atoms with E-state index in [4.69, 9.17) is 5.73 Å². The van der Waals surface area contributed by atoms with Crippen LogP contribution in [0.25, 0.3) is 0 Å². The van der Waals surface area contributed by atoms with Gasteiger partial charge in [0.1, 0.15) is 0 Å². The number of halogens is 2. The maximum Gasteiger partial charge on any atom is 0.155 e. The molecule has 94 valence electrons. The topological polar surface area (TPSA) is 43.1 Å². The Morgan fingerprint density at radius 2 is 1.71 bits per heavy atom. The zero-order valence-corrected chi connectivity index (χ0v) is 13.4. The molecule has 1 aromatic rings. The van der Waals surface area contributed by atoms with Gasteiger partial charge in [-0.1, -0.05) is 52.6 Å². The molecule has 0 spiro atoms. The van der Waals surface area contributed by atoms with Crippen LogP contribution in [0.4, 0.5) is 0 Å². The van der Waals surface area contributed by atoms with Gasteiger partial charge in [0.05, 0.1) is 6.04 Å². The monoisotopic (exact) mass is 361 g/mol. The highest BCUT2D eigenvalue weighted by molar-refractivity contribution is 9.11. The van der Waals surface area contributed by atoms with E-state index in [9.17, 15) is 4.79 Å². The second-order valence-corrected chi connectivity index (χ2v) is 7.03. The number of ketones is 1. The van der Waals surface area contributed by atoms with Crippen molar-refractivity contribution in [3.8, 4) is 0 Å². The van der Waals surface area contributed by atoms with Gasteiger partial charge in [-0.2, -0.15) is 0 Å². The predicted octanol–water partition coefficient (Wildman–Crippen LogP) is 3.70. The first-order valence-corrected chi connectivity index (χ1v) is 7.03. The van der Waals surface area contributed by atoms with E-state index in [1.165, 1.54) is 0 Å². The summed E-state index contributed by atoms with van der Waals surface area (Å²) in [5.41, 5.74) is 6.62. The van der Waals surface area contributed by atoms with E-state index in [0.717, 1.165) is 14.5 Å². The molecule has 0 bridgehead atoms. The molecule has 0 fully saturated rings. The molecule has 0 saturated heterocycles. The zero-order valence-electron chi connectivity index (χ0n) is 10.3. The number of hydrogen-bond donors (Lipinski definition) is 1. The summed E-state index contributed by atoms with van der Waals surface area (Å²) in [4.78, 5) is 12.0. The average Bonchev–Trinajstić information content (AvgIpc) is 2.13. The fourth-order valence-electron chi connectivity index (χ4n) is 1.63. The van der Waals surface area contributed by atoms with Crippen LogP contribution in [0.15, 0.2) is 27.1 Å². The summed E-state index contributed by atoms with van der Waals surface area (Å²) in [5.74, 6) is 0.0913. The number of carbonyl (C=O) groups excluding carboxylic acids is 1. The predicted molar refractivity (Wildman–Crippen MR) is 78.0 cm³/mol. The number of rotatable bonds is 3. The lowest BCUT2D eigenvalue weighted by Gasteiger charge is -2.21. The molecule has 0 aromatic heterocycles. The second kappa shape index (κ2) is 5.63. The lowest BCUT2D eigenvalue weighted by molar-refractivity contribution is -0.127. The van der Waals surface area contributed by atoms with Gasteiger partial charge < -0.3 is 5.73 Å². The lowest BCUT2D eigenvalue weighted by atomic mass is 9.85. The standard InChI is InChI=1S/C13H17Br2NO/c1-13(2,3)12(17)11(16)6-8-4-9(14)7-10(15)5-8/h4-5,7,11H,6,16H2,1-3H3/t11-/m0/s1. The summed E-state index contributed by atoms with van der Waals surface area (Å²) in [6, 6.07) is 5.48. The molecule has 0 heterocycles. The summed E-state index contributed by atoms with van der Waals surface area (Å²) in [7, 11) is 0. The van der Waals surface area contributed by atoms with Gasteiger partial charge in [0.15, 0.2) is 5.78 Å². The van der Waals surface area contributed by atoms with Crippen molar-refractivity contribution in [2.24, 2.45) is 11.1 Å². The highest BCUT2D eigenvalue weighted by Crippen LogP contribution is 2.22. The minimum atomic E-state index is -0.448.